The number of piperidine rings is 1. The number of nitrogens with two attached hydrogens (primary N) is 1. The van der Waals surface area contributed by atoms with Crippen LogP contribution in [0.2, 0.25) is 0 Å². The number of carbonyl (C=O) groups is 2. The van der Waals surface area contributed by atoms with Crippen molar-refractivity contribution < 1.29 is 9.59 Å². The van der Waals surface area contributed by atoms with Crippen molar-refractivity contribution in [2.24, 2.45) is 5.73 Å². The number of hydrogen-bond acceptors (Lipinski definition) is 4. The average Bonchev–Trinajstić information content (AvgIpc) is 1.95. The zero-order valence-corrected chi connectivity index (χ0v) is 8.18. The third kappa shape index (κ3) is 2.50. The minimum absolute atomic E-state index is 0.0253. The first-order valence-electron chi connectivity index (χ1n) is 4.23. The lowest BCUT2D eigenvalue weighted by atomic mass is 9.95. The standard InChI is InChI=1S/C9H13N3O2/c1-9(2,11)4-5-6(10)3-7(13)12-8(5)14/h4,10H,3,11H2,1-2H3,(H,12,13,14)/b5-4+,10-6?. The van der Waals surface area contributed by atoms with E-state index in [0.29, 0.717) is 0 Å². The number of hydrogen-bond donors (Lipinski definition) is 3. The van der Waals surface area contributed by atoms with Gasteiger partial charge in [-0.25, -0.2) is 0 Å². The summed E-state index contributed by atoms with van der Waals surface area (Å²) in [6.07, 6.45) is 1.44. The van der Waals surface area contributed by atoms with E-state index in [1.165, 1.54) is 6.08 Å². The number of amides is 2. The van der Waals surface area contributed by atoms with Crippen LogP contribution in [0.4, 0.5) is 0 Å². The van der Waals surface area contributed by atoms with Crippen LogP contribution in [-0.2, 0) is 9.59 Å². The quantitative estimate of drug-likeness (QED) is 0.396. The molecule has 5 nitrogen and oxygen atoms in total. The van der Waals surface area contributed by atoms with Gasteiger partial charge in [0.1, 0.15) is 0 Å². The third-order valence-corrected chi connectivity index (χ3v) is 1.68. The summed E-state index contributed by atoms with van der Waals surface area (Å²) in [5.41, 5.74) is 5.24. The largest absolute Gasteiger partial charge is 0.322 e. The summed E-state index contributed by atoms with van der Waals surface area (Å²) in [5, 5.41) is 9.62. The van der Waals surface area contributed by atoms with Crippen molar-refractivity contribution >= 4 is 17.5 Å². The monoisotopic (exact) mass is 195 g/mol. The zero-order chi connectivity index (χ0) is 10.9. The minimum atomic E-state index is -0.667. The lowest BCUT2D eigenvalue weighted by molar-refractivity contribution is -0.128. The molecule has 0 atom stereocenters. The van der Waals surface area contributed by atoms with Crippen LogP contribution < -0.4 is 11.1 Å². The zero-order valence-electron chi connectivity index (χ0n) is 8.18. The maximum atomic E-state index is 11.3. The second-order valence-corrected chi connectivity index (χ2v) is 3.91. The third-order valence-electron chi connectivity index (χ3n) is 1.68. The van der Waals surface area contributed by atoms with Crippen LogP contribution in [0.25, 0.3) is 0 Å². The van der Waals surface area contributed by atoms with Crippen LogP contribution in [0.5, 0.6) is 0 Å². The Morgan fingerprint density at radius 3 is 2.50 bits per heavy atom. The van der Waals surface area contributed by atoms with Gasteiger partial charge in [0.25, 0.3) is 5.91 Å². The number of carbonyl (C=O) groups excluding carboxylic acids is 2. The van der Waals surface area contributed by atoms with Gasteiger partial charge in [0, 0.05) is 5.54 Å². The van der Waals surface area contributed by atoms with Gasteiger partial charge >= 0.3 is 0 Å². The van der Waals surface area contributed by atoms with Crippen LogP contribution in [0.3, 0.4) is 0 Å². The molecule has 1 heterocycles. The van der Waals surface area contributed by atoms with Gasteiger partial charge in [0.2, 0.25) is 5.91 Å². The molecule has 2 amide bonds. The van der Waals surface area contributed by atoms with Gasteiger partial charge in [-0.15, -0.1) is 0 Å². The molecule has 1 aliphatic rings. The molecule has 0 radical (unpaired) electrons. The van der Waals surface area contributed by atoms with Crippen LogP contribution >= 0.6 is 0 Å². The highest BCUT2D eigenvalue weighted by molar-refractivity contribution is 6.31. The Kier molecular flexibility index (Phi) is 2.53. The van der Waals surface area contributed by atoms with Crippen molar-refractivity contribution in [1.82, 2.24) is 5.32 Å². The summed E-state index contributed by atoms with van der Waals surface area (Å²) >= 11 is 0. The summed E-state index contributed by atoms with van der Waals surface area (Å²) in [6, 6.07) is 0. The molecule has 0 saturated carbocycles. The molecular weight excluding hydrogens is 182 g/mol. The second kappa shape index (κ2) is 3.34. The Morgan fingerprint density at radius 2 is 2.07 bits per heavy atom. The van der Waals surface area contributed by atoms with Gasteiger partial charge in [-0.05, 0) is 13.8 Å². The van der Waals surface area contributed by atoms with Crippen molar-refractivity contribution in [3.63, 3.8) is 0 Å². The molecule has 1 fully saturated rings. The summed E-state index contributed by atoms with van der Waals surface area (Å²) in [5.74, 6) is -0.975. The molecular formula is C9H13N3O2. The van der Waals surface area contributed by atoms with Gasteiger partial charge in [0.05, 0.1) is 17.7 Å². The Morgan fingerprint density at radius 1 is 1.50 bits per heavy atom. The smallest absolute Gasteiger partial charge is 0.259 e. The average molecular weight is 195 g/mol. The lowest BCUT2D eigenvalue weighted by Crippen LogP contribution is -2.42. The van der Waals surface area contributed by atoms with E-state index < -0.39 is 17.4 Å². The van der Waals surface area contributed by atoms with Gasteiger partial charge < -0.3 is 11.1 Å². The first-order chi connectivity index (χ1) is 6.29. The molecule has 4 N–H and O–H groups in total. The molecule has 1 saturated heterocycles. The van der Waals surface area contributed by atoms with Crippen LogP contribution in [0.1, 0.15) is 20.3 Å². The maximum Gasteiger partial charge on any atom is 0.259 e. The Labute approximate surface area is 81.9 Å². The van der Waals surface area contributed by atoms with E-state index in [9.17, 15) is 9.59 Å². The molecule has 0 aromatic carbocycles. The SMILES string of the molecule is CC(C)(N)/C=C1\C(=N)CC(=O)NC1=O. The molecule has 0 bridgehead atoms. The first-order valence-corrected chi connectivity index (χ1v) is 4.23. The van der Waals surface area contributed by atoms with Crippen LogP contribution in [0, 0.1) is 5.41 Å². The van der Waals surface area contributed by atoms with E-state index in [1.54, 1.807) is 13.8 Å². The lowest BCUT2D eigenvalue weighted by Gasteiger charge is -2.19. The Bertz CT molecular complexity index is 314. The van der Waals surface area contributed by atoms with E-state index in [2.05, 4.69) is 5.32 Å². The normalized spacial score (nSPS) is 21.4. The molecule has 0 aromatic heterocycles. The fraction of sp³-hybridized carbons (Fsp3) is 0.444. The van der Waals surface area contributed by atoms with Gasteiger partial charge in [-0.1, -0.05) is 6.08 Å². The van der Waals surface area contributed by atoms with Gasteiger partial charge in [-0.2, -0.15) is 0 Å². The Hall–Kier alpha value is -1.49. The number of nitrogens with one attached hydrogen (secondary N) is 2. The highest BCUT2D eigenvalue weighted by Gasteiger charge is 2.26. The van der Waals surface area contributed by atoms with Crippen molar-refractivity contribution in [3.8, 4) is 0 Å². The predicted molar refractivity (Wildman–Crippen MR) is 51.8 cm³/mol. The van der Waals surface area contributed by atoms with Gasteiger partial charge in [-0.3, -0.25) is 14.9 Å². The topological polar surface area (TPSA) is 96.0 Å². The highest BCUT2D eigenvalue weighted by atomic mass is 16.2. The summed E-state index contributed by atoms with van der Waals surface area (Å²) in [6.45, 7) is 3.44. The predicted octanol–water partition coefficient (Wildman–Crippen LogP) is -0.284. The summed E-state index contributed by atoms with van der Waals surface area (Å²) in [7, 11) is 0. The van der Waals surface area contributed by atoms with Gasteiger partial charge in [0.15, 0.2) is 0 Å². The number of rotatable bonds is 1. The minimum Gasteiger partial charge on any atom is -0.322 e. The van der Waals surface area contributed by atoms with E-state index in [-0.39, 0.29) is 17.7 Å². The van der Waals surface area contributed by atoms with Crippen LogP contribution in [0.15, 0.2) is 11.6 Å². The first kappa shape index (κ1) is 10.6. The van der Waals surface area contributed by atoms with E-state index >= 15 is 0 Å². The van der Waals surface area contributed by atoms with Crippen LogP contribution in [-0.4, -0.2) is 23.1 Å². The molecule has 76 valence electrons. The molecule has 14 heavy (non-hydrogen) atoms. The molecule has 0 unspecified atom stereocenters. The summed E-state index contributed by atoms with van der Waals surface area (Å²) < 4.78 is 0. The maximum absolute atomic E-state index is 11.3. The molecule has 1 rings (SSSR count). The van der Waals surface area contributed by atoms with Crippen molar-refractivity contribution in [1.29, 1.82) is 5.41 Å². The van der Waals surface area contributed by atoms with Crippen molar-refractivity contribution in [2.45, 2.75) is 25.8 Å². The van der Waals surface area contributed by atoms with E-state index in [0.717, 1.165) is 0 Å². The highest BCUT2D eigenvalue weighted by Crippen LogP contribution is 2.11. The molecule has 5 heteroatoms. The van der Waals surface area contributed by atoms with Crippen molar-refractivity contribution in [2.75, 3.05) is 0 Å². The number of imide groups is 1. The molecule has 0 aromatic rings. The molecule has 0 aliphatic carbocycles. The Balaban J connectivity index is 2.99. The second-order valence-electron chi connectivity index (χ2n) is 3.91. The van der Waals surface area contributed by atoms with E-state index in [4.69, 9.17) is 11.1 Å². The fourth-order valence-corrected chi connectivity index (χ4v) is 1.16. The summed E-state index contributed by atoms with van der Waals surface area (Å²) in [4.78, 5) is 22.2. The molecule has 0 spiro atoms. The fourth-order valence-electron chi connectivity index (χ4n) is 1.16. The van der Waals surface area contributed by atoms with E-state index in [1.807, 2.05) is 0 Å². The molecule has 1 aliphatic heterocycles. The van der Waals surface area contributed by atoms with Crippen molar-refractivity contribution in [3.05, 3.63) is 11.6 Å².